The Morgan fingerprint density at radius 3 is 1.79 bits per heavy atom. The van der Waals surface area contributed by atoms with E-state index in [0.717, 1.165) is 24.5 Å². The van der Waals surface area contributed by atoms with Gasteiger partial charge < -0.3 is 0 Å². The van der Waals surface area contributed by atoms with Gasteiger partial charge in [0.2, 0.25) is 0 Å². The molecule has 0 fully saturated rings. The Bertz CT molecular complexity index is 1660. The first kappa shape index (κ1) is 28.7. The quantitative estimate of drug-likeness (QED) is 0.0999. The average molecular weight is 579 g/mol. The van der Waals surface area contributed by atoms with Gasteiger partial charge in [-0.2, -0.15) is 4.33 Å². The van der Waals surface area contributed by atoms with E-state index in [9.17, 15) is 17.2 Å². The Labute approximate surface area is 227 Å². The van der Waals surface area contributed by atoms with Gasteiger partial charge in [-0.05, 0) is 62.4 Å². The lowest BCUT2D eigenvalue weighted by Crippen LogP contribution is -2.22. The van der Waals surface area contributed by atoms with Gasteiger partial charge in [0.05, 0.1) is 41.9 Å². The number of aromatic nitrogens is 2. The van der Waals surface area contributed by atoms with Crippen LogP contribution in [0, 0.1) is 23.3 Å². The zero-order chi connectivity index (χ0) is 28.5. The van der Waals surface area contributed by atoms with E-state index in [4.69, 9.17) is 0 Å². The minimum atomic E-state index is -4.18. The van der Waals surface area contributed by atoms with E-state index in [1.165, 1.54) is 19.2 Å². The smallest absolute Gasteiger partial charge is 0.181 e. The lowest BCUT2D eigenvalue weighted by atomic mass is 9.84. The van der Waals surface area contributed by atoms with Crippen LogP contribution in [-0.2, 0) is 24.5 Å². The molecule has 0 atom stereocenters. The minimum absolute atomic E-state index is 0.0275. The maximum absolute atomic E-state index is 15.2. The van der Waals surface area contributed by atoms with Gasteiger partial charge in [0, 0.05) is 22.8 Å². The molecule has 0 saturated carbocycles. The van der Waals surface area contributed by atoms with Gasteiger partial charge in [-0.3, -0.25) is 9.97 Å². The van der Waals surface area contributed by atoms with Crippen molar-refractivity contribution in [2.24, 2.45) is 0 Å². The highest BCUT2D eigenvalue weighted by Crippen LogP contribution is 2.36. The Morgan fingerprint density at radius 1 is 0.769 bits per heavy atom. The van der Waals surface area contributed by atoms with Gasteiger partial charge >= 0.3 is 0 Å². The molecule has 204 valence electrons. The third-order valence-electron chi connectivity index (χ3n) is 5.99. The van der Waals surface area contributed by atoms with Crippen LogP contribution >= 0.6 is 12.0 Å². The van der Waals surface area contributed by atoms with E-state index in [0.29, 0.717) is 23.4 Å². The highest BCUT2D eigenvalue weighted by molar-refractivity contribution is 7.94. The van der Waals surface area contributed by atoms with Crippen LogP contribution in [0.3, 0.4) is 0 Å². The molecule has 0 spiro atoms. The average Bonchev–Trinajstić information content (AvgIpc) is 2.88. The number of sulfone groups is 1. The molecule has 0 aliphatic carbocycles. The topological polar surface area (TPSA) is 78.4 Å². The van der Waals surface area contributed by atoms with Crippen molar-refractivity contribution in [3.05, 3.63) is 95.3 Å². The van der Waals surface area contributed by atoms with Gasteiger partial charge in [0.1, 0.15) is 21.4 Å². The maximum Gasteiger partial charge on any atom is 0.181 e. The van der Waals surface area contributed by atoms with Gasteiger partial charge in [-0.25, -0.2) is 30.9 Å². The first-order valence-electron chi connectivity index (χ1n) is 11.4. The summed E-state index contributed by atoms with van der Waals surface area (Å²) in [5.74, 6) is -4.14. The number of halogens is 4. The molecule has 0 bridgehead atoms. The molecule has 2 aromatic carbocycles. The third-order valence-corrected chi connectivity index (χ3v) is 7.85. The Morgan fingerprint density at radius 2 is 1.28 bits per heavy atom. The van der Waals surface area contributed by atoms with E-state index < -0.39 is 48.3 Å². The molecule has 39 heavy (non-hydrogen) atoms. The summed E-state index contributed by atoms with van der Waals surface area (Å²) < 4.78 is 87.2. The SMILES string of the molecule is COOSc1c(F)ccc(-c2cccc(C(C)(C)c3cccc(-c4ccc(F)c(S(C)(=O)=O)c4F)n3)n2)c1F. The summed E-state index contributed by atoms with van der Waals surface area (Å²) in [6, 6.07) is 14.0. The van der Waals surface area contributed by atoms with Crippen molar-refractivity contribution < 1.29 is 35.2 Å². The molecule has 0 unspecified atom stereocenters. The summed E-state index contributed by atoms with van der Waals surface area (Å²) in [5.41, 5.74) is 0.132. The largest absolute Gasteiger partial charge is 0.252 e. The van der Waals surface area contributed by atoms with Crippen molar-refractivity contribution in [1.82, 2.24) is 9.97 Å². The van der Waals surface area contributed by atoms with Gasteiger partial charge in [0.25, 0.3) is 0 Å². The van der Waals surface area contributed by atoms with E-state index in [2.05, 4.69) is 19.2 Å². The molecule has 6 nitrogen and oxygen atoms in total. The monoisotopic (exact) mass is 578 g/mol. The molecule has 2 heterocycles. The van der Waals surface area contributed by atoms with Crippen LogP contribution in [0.1, 0.15) is 25.2 Å². The van der Waals surface area contributed by atoms with Crippen LogP contribution in [0.25, 0.3) is 22.5 Å². The fraction of sp³-hybridized carbons (Fsp3) is 0.185. The van der Waals surface area contributed by atoms with Gasteiger partial charge in [-0.15, -0.1) is 0 Å². The number of nitrogens with zero attached hydrogens (tertiary/aromatic N) is 2. The lowest BCUT2D eigenvalue weighted by Gasteiger charge is -2.25. The van der Waals surface area contributed by atoms with Crippen LogP contribution in [0.5, 0.6) is 0 Å². The second-order valence-corrected chi connectivity index (χ2v) is 11.7. The fourth-order valence-corrected chi connectivity index (χ4v) is 5.27. The number of pyridine rings is 2. The summed E-state index contributed by atoms with van der Waals surface area (Å²) >= 11 is 0.391. The van der Waals surface area contributed by atoms with E-state index in [1.807, 2.05) is 0 Å². The molecular formula is C27H22F4N2O4S2. The number of hydrogen-bond donors (Lipinski definition) is 0. The van der Waals surface area contributed by atoms with Crippen molar-refractivity contribution in [3.8, 4) is 22.5 Å². The summed E-state index contributed by atoms with van der Waals surface area (Å²) in [6.07, 6.45) is 0.722. The Hall–Kier alpha value is -3.32. The predicted octanol–water partition coefficient (Wildman–Crippen LogP) is 6.68. The highest BCUT2D eigenvalue weighted by Gasteiger charge is 2.29. The van der Waals surface area contributed by atoms with E-state index in [1.54, 1.807) is 44.2 Å². The molecule has 12 heteroatoms. The molecule has 0 aliphatic heterocycles. The van der Waals surface area contributed by atoms with Gasteiger partial charge in [-0.1, -0.05) is 12.1 Å². The maximum atomic E-state index is 15.2. The molecular weight excluding hydrogens is 556 g/mol. The fourth-order valence-electron chi connectivity index (χ4n) is 3.94. The first-order valence-corrected chi connectivity index (χ1v) is 14.0. The highest BCUT2D eigenvalue weighted by atomic mass is 32.2. The molecule has 0 amide bonds. The van der Waals surface area contributed by atoms with Crippen LogP contribution in [0.2, 0.25) is 0 Å². The van der Waals surface area contributed by atoms with Crippen LogP contribution < -0.4 is 0 Å². The van der Waals surface area contributed by atoms with Crippen molar-refractivity contribution in [1.29, 1.82) is 0 Å². The zero-order valence-electron chi connectivity index (χ0n) is 21.1. The second kappa shape index (κ2) is 11.0. The Balaban J connectivity index is 1.77. The summed E-state index contributed by atoms with van der Waals surface area (Å²) in [5, 5.41) is 0. The molecule has 4 aromatic rings. The summed E-state index contributed by atoms with van der Waals surface area (Å²) in [6.45, 7) is 3.59. The molecule has 0 N–H and O–H groups in total. The predicted molar refractivity (Wildman–Crippen MR) is 138 cm³/mol. The van der Waals surface area contributed by atoms with Crippen LogP contribution in [0.15, 0.2) is 70.5 Å². The molecule has 0 radical (unpaired) electrons. The number of benzene rings is 2. The number of hydrogen-bond acceptors (Lipinski definition) is 7. The number of rotatable bonds is 8. The van der Waals surface area contributed by atoms with Crippen molar-refractivity contribution >= 4 is 21.9 Å². The molecule has 0 aliphatic rings. The van der Waals surface area contributed by atoms with E-state index in [-0.39, 0.29) is 22.5 Å². The van der Waals surface area contributed by atoms with Crippen LogP contribution in [-0.4, -0.2) is 31.8 Å². The minimum Gasteiger partial charge on any atom is -0.252 e. The summed E-state index contributed by atoms with van der Waals surface area (Å²) in [7, 11) is -2.97. The standard InChI is InChI=1S/C27H22F4N2O4S2/c1-27(2,21-9-5-7-19(32-21)15-11-13-17(28)25(23(15)30)38-37-36-3)22-10-6-8-20(33-22)16-12-14-18(29)26(24(16)31)39(4,34)35/h5-14H,1-4H3. The second-order valence-electron chi connectivity index (χ2n) is 9.01. The Kier molecular flexibility index (Phi) is 8.12. The lowest BCUT2D eigenvalue weighted by molar-refractivity contribution is -0.160. The first-order chi connectivity index (χ1) is 18.4. The van der Waals surface area contributed by atoms with Gasteiger partial charge in [0.15, 0.2) is 21.5 Å². The van der Waals surface area contributed by atoms with Crippen molar-refractivity contribution in [3.63, 3.8) is 0 Å². The molecule has 0 saturated heterocycles. The molecule has 4 rings (SSSR count). The third kappa shape index (κ3) is 5.69. The zero-order valence-corrected chi connectivity index (χ0v) is 22.8. The van der Waals surface area contributed by atoms with E-state index >= 15 is 8.78 Å². The van der Waals surface area contributed by atoms with Crippen molar-refractivity contribution in [2.75, 3.05) is 13.4 Å². The normalized spacial score (nSPS) is 12.1. The van der Waals surface area contributed by atoms with Crippen LogP contribution in [0.4, 0.5) is 17.6 Å². The summed E-state index contributed by atoms with van der Waals surface area (Å²) in [4.78, 5) is 12.1. The van der Waals surface area contributed by atoms with Crippen molar-refractivity contribution in [2.45, 2.75) is 29.1 Å². The molecule has 2 aromatic heterocycles.